The van der Waals surface area contributed by atoms with Crippen LogP contribution in [0.15, 0.2) is 71.8 Å². The maximum atomic E-state index is 10.6. The fourth-order valence-corrected chi connectivity index (χ4v) is 2.61. The Morgan fingerprint density at radius 2 is 1.75 bits per heavy atom. The predicted molar refractivity (Wildman–Crippen MR) is 111 cm³/mol. The Balaban J connectivity index is 1.54. The number of hydrogen-bond donors (Lipinski definition) is 1. The third-order valence-electron chi connectivity index (χ3n) is 4.26. The van der Waals surface area contributed by atoms with Gasteiger partial charge in [-0.15, -0.1) is 0 Å². The summed E-state index contributed by atoms with van der Waals surface area (Å²) < 4.78 is 5.87. The zero-order valence-corrected chi connectivity index (χ0v) is 15.8. The van der Waals surface area contributed by atoms with Gasteiger partial charge in [0.25, 0.3) is 5.69 Å². The molecule has 28 heavy (non-hydrogen) atoms. The summed E-state index contributed by atoms with van der Waals surface area (Å²) in [5.74, 6) is 0.793. The van der Waals surface area contributed by atoms with Crippen LogP contribution in [0.1, 0.15) is 22.3 Å². The van der Waals surface area contributed by atoms with E-state index in [1.807, 2.05) is 24.3 Å². The number of aryl methyl sites for hydroxylation is 2. The Hall–Kier alpha value is -3.67. The van der Waals surface area contributed by atoms with E-state index in [4.69, 9.17) is 4.74 Å². The maximum Gasteiger partial charge on any atom is 0.269 e. The van der Waals surface area contributed by atoms with Gasteiger partial charge in [-0.2, -0.15) is 5.10 Å². The van der Waals surface area contributed by atoms with Gasteiger partial charge in [0.2, 0.25) is 0 Å². The Kier molecular flexibility index (Phi) is 6.01. The van der Waals surface area contributed by atoms with Crippen molar-refractivity contribution in [1.82, 2.24) is 0 Å². The second kappa shape index (κ2) is 8.81. The molecule has 6 heteroatoms. The van der Waals surface area contributed by atoms with Crippen molar-refractivity contribution in [3.63, 3.8) is 0 Å². The zero-order chi connectivity index (χ0) is 19.9. The fraction of sp³-hybridized carbons (Fsp3) is 0.136. The van der Waals surface area contributed by atoms with Gasteiger partial charge in [-0.25, -0.2) is 0 Å². The molecule has 0 atom stereocenters. The number of nitrogens with one attached hydrogen (secondary N) is 1. The highest BCUT2D eigenvalue weighted by Gasteiger charge is 2.03. The molecule has 0 aliphatic carbocycles. The second-order valence-corrected chi connectivity index (χ2v) is 6.46. The molecule has 1 N–H and O–H groups in total. The average molecular weight is 375 g/mol. The monoisotopic (exact) mass is 375 g/mol. The van der Waals surface area contributed by atoms with Crippen LogP contribution in [0.25, 0.3) is 0 Å². The molecule has 0 saturated heterocycles. The molecular weight excluding hydrogens is 354 g/mol. The molecule has 0 bridgehead atoms. The van der Waals surface area contributed by atoms with Crippen LogP contribution in [0.4, 0.5) is 11.4 Å². The number of nitro benzene ring substituents is 1. The van der Waals surface area contributed by atoms with Crippen LogP contribution >= 0.6 is 0 Å². The van der Waals surface area contributed by atoms with E-state index in [-0.39, 0.29) is 5.69 Å². The molecule has 0 aliphatic heterocycles. The molecule has 0 radical (unpaired) electrons. The average Bonchev–Trinajstić information content (AvgIpc) is 2.70. The van der Waals surface area contributed by atoms with Crippen molar-refractivity contribution in [3.05, 3.63) is 99.1 Å². The van der Waals surface area contributed by atoms with E-state index in [0.717, 1.165) is 11.3 Å². The Labute approximate surface area is 163 Å². The Bertz CT molecular complexity index is 981. The van der Waals surface area contributed by atoms with E-state index in [9.17, 15) is 10.1 Å². The summed E-state index contributed by atoms with van der Waals surface area (Å²) in [5.41, 5.74) is 8.09. The van der Waals surface area contributed by atoms with Gasteiger partial charge in [0.05, 0.1) is 16.8 Å². The standard InChI is InChI=1S/C22H21N3O3/c1-16-3-4-17(2)19(13-16)15-28-22-11-5-18(6-12-22)14-23-24-20-7-9-21(10-8-20)25(26)27/h3-14,24H,15H2,1-2H3. The first-order chi connectivity index (χ1) is 13.5. The van der Waals surface area contributed by atoms with E-state index in [1.165, 1.54) is 28.8 Å². The molecule has 0 aliphatic rings. The number of benzene rings is 3. The highest BCUT2D eigenvalue weighted by Crippen LogP contribution is 2.17. The van der Waals surface area contributed by atoms with Gasteiger partial charge < -0.3 is 4.74 Å². The van der Waals surface area contributed by atoms with E-state index >= 15 is 0 Å². The highest BCUT2D eigenvalue weighted by atomic mass is 16.6. The lowest BCUT2D eigenvalue weighted by molar-refractivity contribution is -0.384. The van der Waals surface area contributed by atoms with Crippen LogP contribution in [0.2, 0.25) is 0 Å². The first-order valence-corrected chi connectivity index (χ1v) is 8.84. The highest BCUT2D eigenvalue weighted by molar-refractivity contribution is 5.80. The molecule has 6 nitrogen and oxygen atoms in total. The molecular formula is C22H21N3O3. The smallest absolute Gasteiger partial charge is 0.269 e. The normalized spacial score (nSPS) is 10.8. The molecule has 3 aromatic rings. The van der Waals surface area contributed by atoms with Gasteiger partial charge >= 0.3 is 0 Å². The van der Waals surface area contributed by atoms with Crippen LogP contribution in [0.3, 0.4) is 0 Å². The van der Waals surface area contributed by atoms with Gasteiger partial charge in [-0.1, -0.05) is 23.8 Å². The van der Waals surface area contributed by atoms with Crippen molar-refractivity contribution in [2.24, 2.45) is 5.10 Å². The summed E-state index contributed by atoms with van der Waals surface area (Å²) in [5, 5.41) is 14.8. The van der Waals surface area contributed by atoms with Crippen molar-refractivity contribution in [3.8, 4) is 5.75 Å². The van der Waals surface area contributed by atoms with Gasteiger partial charge in [0.1, 0.15) is 12.4 Å². The number of rotatable bonds is 7. The van der Waals surface area contributed by atoms with E-state index in [1.54, 1.807) is 18.3 Å². The molecule has 0 saturated carbocycles. The third-order valence-corrected chi connectivity index (χ3v) is 4.26. The number of nitro groups is 1. The van der Waals surface area contributed by atoms with Crippen molar-refractivity contribution >= 4 is 17.6 Å². The SMILES string of the molecule is Cc1ccc(C)c(COc2ccc(C=NNc3ccc([N+](=O)[O-])cc3)cc2)c1. The van der Waals surface area contributed by atoms with Crippen LogP contribution in [-0.4, -0.2) is 11.1 Å². The van der Waals surface area contributed by atoms with Crippen molar-refractivity contribution in [2.45, 2.75) is 20.5 Å². The van der Waals surface area contributed by atoms with Crippen molar-refractivity contribution in [2.75, 3.05) is 5.43 Å². The largest absolute Gasteiger partial charge is 0.489 e. The summed E-state index contributed by atoms with van der Waals surface area (Å²) >= 11 is 0. The third kappa shape index (κ3) is 5.17. The van der Waals surface area contributed by atoms with Crippen LogP contribution < -0.4 is 10.2 Å². The van der Waals surface area contributed by atoms with E-state index in [2.05, 4.69) is 42.6 Å². The molecule has 0 unspecified atom stereocenters. The fourth-order valence-electron chi connectivity index (χ4n) is 2.61. The number of non-ortho nitro benzene ring substituents is 1. The maximum absolute atomic E-state index is 10.6. The molecule has 0 spiro atoms. The number of nitrogens with zero attached hydrogens (tertiary/aromatic N) is 2. The molecule has 0 aromatic heterocycles. The van der Waals surface area contributed by atoms with E-state index < -0.39 is 4.92 Å². The topological polar surface area (TPSA) is 76.8 Å². The number of hydrazone groups is 1. The lowest BCUT2D eigenvalue weighted by atomic mass is 10.1. The van der Waals surface area contributed by atoms with Gasteiger partial charge in [-0.3, -0.25) is 15.5 Å². The first kappa shape index (κ1) is 19.1. The lowest BCUT2D eigenvalue weighted by Gasteiger charge is -2.10. The molecule has 3 rings (SSSR count). The van der Waals surface area contributed by atoms with E-state index in [0.29, 0.717) is 12.3 Å². The quantitative estimate of drug-likeness (QED) is 0.348. The minimum atomic E-state index is -0.434. The number of hydrogen-bond acceptors (Lipinski definition) is 5. The summed E-state index contributed by atoms with van der Waals surface area (Å²) in [7, 11) is 0. The predicted octanol–water partition coefficient (Wildman–Crippen LogP) is 5.24. The second-order valence-electron chi connectivity index (χ2n) is 6.46. The Morgan fingerprint density at radius 1 is 1.04 bits per heavy atom. The minimum Gasteiger partial charge on any atom is -0.489 e. The summed E-state index contributed by atoms with van der Waals surface area (Å²) in [6.07, 6.45) is 1.68. The van der Waals surface area contributed by atoms with Gasteiger partial charge in [0, 0.05) is 12.1 Å². The lowest BCUT2D eigenvalue weighted by Crippen LogP contribution is -1.98. The molecule has 0 fully saturated rings. The number of ether oxygens (including phenoxy) is 1. The molecule has 0 heterocycles. The van der Waals surface area contributed by atoms with Crippen LogP contribution in [0.5, 0.6) is 5.75 Å². The van der Waals surface area contributed by atoms with Gasteiger partial charge in [0.15, 0.2) is 0 Å². The zero-order valence-electron chi connectivity index (χ0n) is 15.8. The molecule has 3 aromatic carbocycles. The van der Waals surface area contributed by atoms with Crippen molar-refractivity contribution in [1.29, 1.82) is 0 Å². The van der Waals surface area contributed by atoms with Crippen LogP contribution in [0, 0.1) is 24.0 Å². The summed E-state index contributed by atoms with van der Waals surface area (Å²) in [6, 6.07) is 20.1. The minimum absolute atomic E-state index is 0.0472. The molecule has 142 valence electrons. The van der Waals surface area contributed by atoms with Gasteiger partial charge in [-0.05, 0) is 66.9 Å². The summed E-state index contributed by atoms with van der Waals surface area (Å²) in [4.78, 5) is 10.2. The number of anilines is 1. The molecule has 0 amide bonds. The summed E-state index contributed by atoms with van der Waals surface area (Å²) in [6.45, 7) is 4.68. The van der Waals surface area contributed by atoms with Crippen molar-refractivity contribution < 1.29 is 9.66 Å². The first-order valence-electron chi connectivity index (χ1n) is 8.84. The van der Waals surface area contributed by atoms with Crippen LogP contribution in [-0.2, 0) is 6.61 Å². The Morgan fingerprint density at radius 3 is 2.43 bits per heavy atom.